The zero-order valence-corrected chi connectivity index (χ0v) is 11.6. The van der Waals surface area contributed by atoms with E-state index in [1.54, 1.807) is 0 Å². The fourth-order valence-corrected chi connectivity index (χ4v) is 2.68. The Morgan fingerprint density at radius 2 is 2.28 bits per heavy atom. The van der Waals surface area contributed by atoms with Gasteiger partial charge in [-0.3, -0.25) is 0 Å². The van der Waals surface area contributed by atoms with Crippen molar-refractivity contribution in [2.45, 2.75) is 39.2 Å². The lowest BCUT2D eigenvalue weighted by molar-refractivity contribution is 0.176. The molecule has 2 nitrogen and oxygen atoms in total. The summed E-state index contributed by atoms with van der Waals surface area (Å²) in [7, 11) is 0. The molecule has 2 unspecified atom stereocenters. The third kappa shape index (κ3) is 3.33. The summed E-state index contributed by atoms with van der Waals surface area (Å²) in [4.78, 5) is 0. The number of hydrogen-bond donors (Lipinski definition) is 1. The standard InChI is InChI=1S/C16H25NO/c1-3-9-17-16(15-8-10-18-12-15)14-7-5-6-13(4-2)11-14/h5-7,11,15-17H,3-4,8-10,12H2,1-2H3. The first kappa shape index (κ1) is 13.6. The van der Waals surface area contributed by atoms with Crippen molar-refractivity contribution in [2.24, 2.45) is 5.92 Å². The second kappa shape index (κ2) is 6.91. The normalized spacial score (nSPS) is 21.1. The molecule has 0 aliphatic carbocycles. The van der Waals surface area contributed by atoms with E-state index in [9.17, 15) is 0 Å². The second-order valence-corrected chi connectivity index (χ2v) is 5.15. The minimum absolute atomic E-state index is 0.457. The molecule has 1 aliphatic rings. The lowest BCUT2D eigenvalue weighted by atomic mass is 9.91. The number of rotatable bonds is 6. The van der Waals surface area contributed by atoms with Gasteiger partial charge in [-0.25, -0.2) is 0 Å². The molecule has 100 valence electrons. The van der Waals surface area contributed by atoms with E-state index >= 15 is 0 Å². The van der Waals surface area contributed by atoms with Crippen molar-refractivity contribution >= 4 is 0 Å². The van der Waals surface area contributed by atoms with Crippen LogP contribution in [0, 0.1) is 5.92 Å². The van der Waals surface area contributed by atoms with Crippen LogP contribution >= 0.6 is 0 Å². The Balaban J connectivity index is 2.14. The highest BCUT2D eigenvalue weighted by molar-refractivity contribution is 5.26. The Morgan fingerprint density at radius 3 is 2.94 bits per heavy atom. The van der Waals surface area contributed by atoms with Crippen LogP contribution in [0.3, 0.4) is 0 Å². The Kier molecular flexibility index (Phi) is 5.21. The van der Waals surface area contributed by atoms with Gasteiger partial charge in [-0.2, -0.15) is 0 Å². The molecule has 18 heavy (non-hydrogen) atoms. The molecule has 2 heteroatoms. The summed E-state index contributed by atoms with van der Waals surface area (Å²) in [5.41, 5.74) is 2.85. The first-order valence-corrected chi connectivity index (χ1v) is 7.25. The summed E-state index contributed by atoms with van der Waals surface area (Å²) < 4.78 is 5.56. The molecule has 1 saturated heterocycles. The molecule has 1 aromatic carbocycles. The quantitative estimate of drug-likeness (QED) is 0.832. The van der Waals surface area contributed by atoms with Gasteiger partial charge in [0, 0.05) is 18.6 Å². The predicted molar refractivity (Wildman–Crippen MR) is 75.8 cm³/mol. The summed E-state index contributed by atoms with van der Waals surface area (Å²) in [5, 5.41) is 3.70. The highest BCUT2D eigenvalue weighted by atomic mass is 16.5. The number of hydrogen-bond acceptors (Lipinski definition) is 2. The second-order valence-electron chi connectivity index (χ2n) is 5.15. The average Bonchev–Trinajstić information content (AvgIpc) is 2.93. The fraction of sp³-hybridized carbons (Fsp3) is 0.625. The molecule has 1 N–H and O–H groups in total. The van der Waals surface area contributed by atoms with Crippen molar-refractivity contribution in [3.8, 4) is 0 Å². The number of aryl methyl sites for hydroxylation is 1. The maximum absolute atomic E-state index is 5.56. The van der Waals surface area contributed by atoms with Gasteiger partial charge in [0.15, 0.2) is 0 Å². The van der Waals surface area contributed by atoms with Crippen molar-refractivity contribution in [3.63, 3.8) is 0 Å². The van der Waals surface area contributed by atoms with E-state index in [-0.39, 0.29) is 0 Å². The van der Waals surface area contributed by atoms with E-state index in [1.165, 1.54) is 24.0 Å². The van der Waals surface area contributed by atoms with Gasteiger partial charge < -0.3 is 10.1 Å². The molecular weight excluding hydrogens is 222 g/mol. The van der Waals surface area contributed by atoms with Gasteiger partial charge in [-0.15, -0.1) is 0 Å². The Hall–Kier alpha value is -0.860. The van der Waals surface area contributed by atoms with Gasteiger partial charge in [0.05, 0.1) is 6.61 Å². The largest absolute Gasteiger partial charge is 0.381 e. The molecule has 0 radical (unpaired) electrons. The Bertz CT molecular complexity index is 358. The first-order valence-electron chi connectivity index (χ1n) is 7.25. The molecule has 0 saturated carbocycles. The van der Waals surface area contributed by atoms with Gasteiger partial charge in [0.1, 0.15) is 0 Å². The van der Waals surface area contributed by atoms with Crippen molar-refractivity contribution in [1.29, 1.82) is 0 Å². The monoisotopic (exact) mass is 247 g/mol. The lowest BCUT2D eigenvalue weighted by Crippen LogP contribution is -2.29. The average molecular weight is 247 g/mol. The number of ether oxygens (including phenoxy) is 1. The molecule has 0 aromatic heterocycles. The third-order valence-corrected chi connectivity index (χ3v) is 3.77. The Labute approximate surface area is 111 Å². The van der Waals surface area contributed by atoms with E-state index in [2.05, 4.69) is 43.4 Å². The zero-order chi connectivity index (χ0) is 12.8. The van der Waals surface area contributed by atoms with Crippen molar-refractivity contribution in [1.82, 2.24) is 5.32 Å². The van der Waals surface area contributed by atoms with Crippen LogP contribution in [-0.2, 0) is 11.2 Å². The minimum atomic E-state index is 0.457. The van der Waals surface area contributed by atoms with Crippen LogP contribution in [0.25, 0.3) is 0 Å². The highest BCUT2D eigenvalue weighted by Crippen LogP contribution is 2.29. The van der Waals surface area contributed by atoms with Gasteiger partial charge in [-0.1, -0.05) is 38.1 Å². The molecule has 1 aromatic rings. The molecule has 2 rings (SSSR count). The van der Waals surface area contributed by atoms with Gasteiger partial charge in [0.25, 0.3) is 0 Å². The molecule has 0 spiro atoms. The van der Waals surface area contributed by atoms with Gasteiger partial charge in [-0.05, 0) is 36.9 Å². The van der Waals surface area contributed by atoms with Crippen LogP contribution in [-0.4, -0.2) is 19.8 Å². The summed E-state index contributed by atoms with van der Waals surface area (Å²) >= 11 is 0. The van der Waals surface area contributed by atoms with Gasteiger partial charge in [0.2, 0.25) is 0 Å². The smallest absolute Gasteiger partial charge is 0.0513 e. The lowest BCUT2D eigenvalue weighted by Gasteiger charge is -2.24. The molecule has 0 bridgehead atoms. The first-order chi connectivity index (χ1) is 8.85. The number of nitrogens with one attached hydrogen (secondary N) is 1. The summed E-state index contributed by atoms with van der Waals surface area (Å²) in [6.07, 6.45) is 3.46. The maximum Gasteiger partial charge on any atom is 0.0513 e. The molecular formula is C16H25NO. The summed E-state index contributed by atoms with van der Waals surface area (Å²) in [6, 6.07) is 9.46. The van der Waals surface area contributed by atoms with Crippen LogP contribution in [0.5, 0.6) is 0 Å². The van der Waals surface area contributed by atoms with E-state index in [0.29, 0.717) is 12.0 Å². The number of benzene rings is 1. The SMILES string of the molecule is CCCNC(c1cccc(CC)c1)C1CCOC1. The van der Waals surface area contributed by atoms with Crippen molar-refractivity contribution < 1.29 is 4.74 Å². The van der Waals surface area contributed by atoms with Crippen LogP contribution in [0.15, 0.2) is 24.3 Å². The minimum Gasteiger partial charge on any atom is -0.381 e. The van der Waals surface area contributed by atoms with E-state index in [4.69, 9.17) is 4.74 Å². The van der Waals surface area contributed by atoms with E-state index in [0.717, 1.165) is 26.2 Å². The van der Waals surface area contributed by atoms with Crippen LogP contribution in [0.2, 0.25) is 0 Å². The maximum atomic E-state index is 5.56. The predicted octanol–water partition coefficient (Wildman–Crippen LogP) is 3.33. The molecule has 1 fully saturated rings. The van der Waals surface area contributed by atoms with Gasteiger partial charge >= 0.3 is 0 Å². The van der Waals surface area contributed by atoms with Crippen LogP contribution in [0.1, 0.15) is 43.9 Å². The molecule has 0 amide bonds. The fourth-order valence-electron chi connectivity index (χ4n) is 2.68. The molecule has 1 heterocycles. The van der Waals surface area contributed by atoms with E-state index in [1.807, 2.05) is 0 Å². The molecule has 1 aliphatic heterocycles. The summed E-state index contributed by atoms with van der Waals surface area (Å²) in [6.45, 7) is 7.33. The van der Waals surface area contributed by atoms with Crippen LogP contribution in [0.4, 0.5) is 0 Å². The highest BCUT2D eigenvalue weighted by Gasteiger charge is 2.26. The van der Waals surface area contributed by atoms with Crippen molar-refractivity contribution in [3.05, 3.63) is 35.4 Å². The van der Waals surface area contributed by atoms with Crippen LogP contribution < -0.4 is 5.32 Å². The zero-order valence-electron chi connectivity index (χ0n) is 11.6. The molecule has 2 atom stereocenters. The topological polar surface area (TPSA) is 21.3 Å². The van der Waals surface area contributed by atoms with Crippen molar-refractivity contribution in [2.75, 3.05) is 19.8 Å². The third-order valence-electron chi connectivity index (χ3n) is 3.77. The Morgan fingerprint density at radius 1 is 1.39 bits per heavy atom. The van der Waals surface area contributed by atoms with E-state index < -0.39 is 0 Å². The summed E-state index contributed by atoms with van der Waals surface area (Å²) in [5.74, 6) is 0.628.